The number of rotatable bonds is 5. The van der Waals surface area contributed by atoms with E-state index in [1.54, 1.807) is 0 Å². The lowest BCUT2D eigenvalue weighted by atomic mass is 9.90. The lowest BCUT2D eigenvalue weighted by molar-refractivity contribution is 0.0533. The summed E-state index contributed by atoms with van der Waals surface area (Å²) in [5, 5.41) is 11.0. The van der Waals surface area contributed by atoms with Crippen LogP contribution in [0.15, 0.2) is 47.1 Å². The topological polar surface area (TPSA) is 89.1 Å². The number of fused-ring (bicyclic) bond motifs is 1. The summed E-state index contributed by atoms with van der Waals surface area (Å²) in [5.74, 6) is -3.38. The summed E-state index contributed by atoms with van der Waals surface area (Å²) in [5.41, 5.74) is 0.421. The molecule has 0 spiro atoms. The first kappa shape index (κ1) is 21.9. The van der Waals surface area contributed by atoms with Gasteiger partial charge in [-0.3, -0.25) is 4.79 Å². The molecule has 1 saturated heterocycles. The maximum Gasteiger partial charge on any atom is 0.295 e. The molecule has 1 N–H and O–H groups in total. The van der Waals surface area contributed by atoms with Gasteiger partial charge in [0.05, 0.1) is 18.4 Å². The highest BCUT2D eigenvalue weighted by molar-refractivity contribution is 5.98. The Labute approximate surface area is 192 Å². The fourth-order valence-electron chi connectivity index (χ4n) is 4.37. The van der Waals surface area contributed by atoms with Gasteiger partial charge in [-0.1, -0.05) is 6.92 Å². The normalized spacial score (nSPS) is 18.4. The summed E-state index contributed by atoms with van der Waals surface area (Å²) >= 11 is 0. The predicted octanol–water partition coefficient (Wildman–Crippen LogP) is 4.18. The number of nitrogens with zero attached hydrogens (tertiary/aromatic N) is 5. The Morgan fingerprint density at radius 2 is 1.97 bits per heavy atom. The van der Waals surface area contributed by atoms with E-state index in [4.69, 9.17) is 4.42 Å². The van der Waals surface area contributed by atoms with E-state index in [1.165, 1.54) is 41.6 Å². The van der Waals surface area contributed by atoms with Gasteiger partial charge in [-0.15, -0.1) is 0 Å². The minimum absolute atomic E-state index is 0.0554. The molecule has 0 radical (unpaired) electrons. The first-order chi connectivity index (χ1) is 16.4. The Bertz CT molecular complexity index is 1340. The molecular formula is C23H21F3N6O2. The van der Waals surface area contributed by atoms with Crippen molar-refractivity contribution in [2.24, 2.45) is 5.92 Å². The zero-order valence-corrected chi connectivity index (χ0v) is 18.2. The molecule has 0 bridgehead atoms. The molecule has 2 atom stereocenters. The van der Waals surface area contributed by atoms with Crippen molar-refractivity contribution in [3.63, 3.8) is 0 Å². The van der Waals surface area contributed by atoms with Crippen molar-refractivity contribution in [1.29, 1.82) is 0 Å². The second kappa shape index (κ2) is 8.81. The fraction of sp³-hybridized carbons (Fsp3) is 0.304. The Balaban J connectivity index is 1.44. The number of carbonyl (C=O) groups excluding carboxylic acids is 1. The van der Waals surface area contributed by atoms with Crippen molar-refractivity contribution >= 4 is 23.0 Å². The summed E-state index contributed by atoms with van der Waals surface area (Å²) in [7, 11) is 0. The molecule has 0 saturated carbocycles. The van der Waals surface area contributed by atoms with Crippen molar-refractivity contribution in [1.82, 2.24) is 24.9 Å². The van der Waals surface area contributed by atoms with Gasteiger partial charge in [0.2, 0.25) is 0 Å². The van der Waals surface area contributed by atoms with Crippen molar-refractivity contribution < 1.29 is 22.4 Å². The maximum atomic E-state index is 14.9. The van der Waals surface area contributed by atoms with Crippen molar-refractivity contribution in [3.05, 3.63) is 65.7 Å². The van der Waals surface area contributed by atoms with Crippen molar-refractivity contribution in [3.8, 4) is 5.69 Å². The zero-order valence-electron chi connectivity index (χ0n) is 18.2. The molecule has 1 fully saturated rings. The minimum atomic E-state index is -1.24. The first-order valence-corrected chi connectivity index (χ1v) is 10.9. The van der Waals surface area contributed by atoms with Crippen molar-refractivity contribution in [2.75, 3.05) is 18.4 Å². The third-order valence-corrected chi connectivity index (χ3v) is 6.11. The SMILES string of the molecule is CC1CCCN(C(=O)c2c(-n3nccn3)ccc(F)c2F)C1CNc1nc2cc(F)ccc2o1. The standard InChI is InChI=1S/C23H21F3N6O2/c1-13-3-2-10-31(18(13)12-27-23-30-16-11-14(24)4-7-19(16)34-23)22(33)20-17(32-28-8-9-29-32)6-5-15(25)21(20)26/h4-9,11,13,18H,2-3,10,12H2,1H3,(H,27,30). The van der Waals surface area contributed by atoms with Crippen LogP contribution in [0.2, 0.25) is 0 Å². The van der Waals surface area contributed by atoms with Crippen LogP contribution in [0.4, 0.5) is 19.2 Å². The lowest BCUT2D eigenvalue weighted by Gasteiger charge is -2.40. The van der Waals surface area contributed by atoms with Crippen LogP contribution in [0.3, 0.4) is 0 Å². The predicted molar refractivity (Wildman–Crippen MR) is 117 cm³/mol. The molecule has 176 valence electrons. The maximum absolute atomic E-state index is 14.9. The monoisotopic (exact) mass is 470 g/mol. The Hall–Kier alpha value is -3.89. The highest BCUT2D eigenvalue weighted by Gasteiger charge is 2.35. The third-order valence-electron chi connectivity index (χ3n) is 6.11. The van der Waals surface area contributed by atoms with Crippen LogP contribution < -0.4 is 5.32 Å². The summed E-state index contributed by atoms with van der Waals surface area (Å²) in [6.07, 6.45) is 4.35. The van der Waals surface area contributed by atoms with E-state index in [2.05, 4.69) is 20.5 Å². The number of benzene rings is 2. The van der Waals surface area contributed by atoms with E-state index in [0.717, 1.165) is 23.7 Å². The summed E-state index contributed by atoms with van der Waals surface area (Å²) in [6.45, 7) is 2.62. The minimum Gasteiger partial charge on any atom is -0.424 e. The van der Waals surface area contributed by atoms with Crippen LogP contribution in [0.1, 0.15) is 30.1 Å². The molecule has 1 aliphatic heterocycles. The number of oxazole rings is 1. The van der Waals surface area contributed by atoms with Gasteiger partial charge >= 0.3 is 0 Å². The molecule has 5 rings (SSSR count). The fourth-order valence-corrected chi connectivity index (χ4v) is 4.37. The molecule has 4 aromatic rings. The number of halogens is 3. The van der Waals surface area contributed by atoms with E-state index in [-0.39, 0.29) is 30.2 Å². The molecular weight excluding hydrogens is 449 g/mol. The van der Waals surface area contributed by atoms with Gasteiger partial charge in [0.15, 0.2) is 17.2 Å². The third kappa shape index (κ3) is 3.97. The summed E-state index contributed by atoms with van der Waals surface area (Å²) in [4.78, 5) is 20.4. The van der Waals surface area contributed by atoms with Gasteiger partial charge in [0, 0.05) is 19.2 Å². The Kier molecular flexibility index (Phi) is 5.68. The highest BCUT2D eigenvalue weighted by atomic mass is 19.2. The summed E-state index contributed by atoms with van der Waals surface area (Å²) in [6, 6.07) is 6.08. The van der Waals surface area contributed by atoms with E-state index in [1.807, 2.05) is 6.92 Å². The average molecular weight is 470 g/mol. The van der Waals surface area contributed by atoms with Gasteiger partial charge in [0.25, 0.3) is 11.9 Å². The smallest absolute Gasteiger partial charge is 0.295 e. The number of nitrogens with one attached hydrogen (secondary N) is 1. The molecule has 3 heterocycles. The molecule has 2 aromatic carbocycles. The summed E-state index contributed by atoms with van der Waals surface area (Å²) < 4.78 is 48.1. The van der Waals surface area contributed by atoms with Crippen LogP contribution in [0.25, 0.3) is 16.8 Å². The number of carbonyl (C=O) groups is 1. The van der Waals surface area contributed by atoms with Gasteiger partial charge in [-0.2, -0.15) is 20.0 Å². The van der Waals surface area contributed by atoms with Gasteiger partial charge in [-0.25, -0.2) is 13.2 Å². The quantitative estimate of drug-likeness (QED) is 0.471. The molecule has 34 heavy (non-hydrogen) atoms. The molecule has 11 heteroatoms. The number of anilines is 1. The first-order valence-electron chi connectivity index (χ1n) is 10.9. The van der Waals surface area contributed by atoms with Gasteiger partial charge in [0.1, 0.15) is 22.6 Å². The van der Waals surface area contributed by atoms with E-state index >= 15 is 0 Å². The van der Waals surface area contributed by atoms with E-state index in [0.29, 0.717) is 17.6 Å². The van der Waals surface area contributed by atoms with Crippen LogP contribution in [0.5, 0.6) is 0 Å². The number of hydrogen-bond acceptors (Lipinski definition) is 6. The molecule has 2 aromatic heterocycles. The molecule has 1 aliphatic rings. The molecule has 8 nitrogen and oxygen atoms in total. The van der Waals surface area contributed by atoms with Crippen LogP contribution in [-0.2, 0) is 0 Å². The number of likely N-dealkylation sites (tertiary alicyclic amines) is 1. The molecule has 1 amide bonds. The Morgan fingerprint density at radius 1 is 1.18 bits per heavy atom. The number of piperidine rings is 1. The highest BCUT2D eigenvalue weighted by Crippen LogP contribution is 2.29. The number of aromatic nitrogens is 4. The lowest BCUT2D eigenvalue weighted by Crippen LogP contribution is -2.51. The van der Waals surface area contributed by atoms with Crippen LogP contribution >= 0.6 is 0 Å². The molecule has 2 unspecified atom stereocenters. The Morgan fingerprint density at radius 3 is 2.76 bits per heavy atom. The number of hydrogen-bond donors (Lipinski definition) is 1. The van der Waals surface area contributed by atoms with E-state index in [9.17, 15) is 18.0 Å². The van der Waals surface area contributed by atoms with Crippen LogP contribution in [-0.4, -0.2) is 49.9 Å². The zero-order chi connectivity index (χ0) is 23.8. The second-order valence-corrected chi connectivity index (χ2v) is 8.27. The van der Waals surface area contributed by atoms with Gasteiger partial charge in [-0.05, 0) is 43.0 Å². The average Bonchev–Trinajstić information content (AvgIpc) is 3.49. The van der Waals surface area contributed by atoms with Crippen LogP contribution in [0, 0.1) is 23.4 Å². The van der Waals surface area contributed by atoms with E-state index < -0.39 is 28.9 Å². The second-order valence-electron chi connectivity index (χ2n) is 8.27. The molecule has 0 aliphatic carbocycles. The van der Waals surface area contributed by atoms with Crippen molar-refractivity contribution in [2.45, 2.75) is 25.8 Å². The van der Waals surface area contributed by atoms with Gasteiger partial charge < -0.3 is 14.6 Å². The number of amides is 1. The largest absolute Gasteiger partial charge is 0.424 e.